The number of rotatable bonds is 5. The van der Waals surface area contributed by atoms with Crippen molar-refractivity contribution in [2.24, 2.45) is 0 Å². The van der Waals surface area contributed by atoms with Crippen molar-refractivity contribution >= 4 is 0 Å². The molecule has 0 saturated heterocycles. The van der Waals surface area contributed by atoms with Gasteiger partial charge in [0.15, 0.2) is 0 Å². The quantitative estimate of drug-likeness (QED) is 0.674. The van der Waals surface area contributed by atoms with Crippen LogP contribution in [0.25, 0.3) is 0 Å². The molecule has 0 aliphatic heterocycles. The molecule has 0 heterocycles. The highest BCUT2D eigenvalue weighted by atomic mass is 16.3. The van der Waals surface area contributed by atoms with Crippen molar-refractivity contribution in [3.63, 3.8) is 0 Å². The summed E-state index contributed by atoms with van der Waals surface area (Å²) in [5.41, 5.74) is 0.0128. The maximum atomic E-state index is 9.50. The normalized spacial score (nSPS) is 15.0. The van der Waals surface area contributed by atoms with E-state index in [9.17, 15) is 5.11 Å². The average molecular weight is 189 g/mol. The lowest BCUT2D eigenvalue weighted by molar-refractivity contribution is 0.0444. The lowest BCUT2D eigenvalue weighted by Gasteiger charge is -2.36. The number of hydrogen-bond donors (Lipinski definition) is 2. The zero-order chi connectivity index (χ0) is 10.5. The second kappa shape index (κ2) is 5.58. The highest BCUT2D eigenvalue weighted by Crippen LogP contribution is 2.13. The summed E-state index contributed by atoms with van der Waals surface area (Å²) in [7, 11) is 0. The summed E-state index contributed by atoms with van der Waals surface area (Å²) < 4.78 is 0. The molecule has 1 atom stereocenters. The molecule has 0 aromatic heterocycles. The topological polar surface area (TPSA) is 43.7 Å². The van der Waals surface area contributed by atoms with E-state index in [0.717, 1.165) is 6.42 Å². The third kappa shape index (κ3) is 5.24. The average Bonchev–Trinajstić information content (AvgIpc) is 2.01. The van der Waals surface area contributed by atoms with Crippen LogP contribution in [0.15, 0.2) is 0 Å². The molecule has 0 fully saturated rings. The predicted molar refractivity (Wildman–Crippen MR) is 54.7 cm³/mol. The Kier molecular flexibility index (Phi) is 5.53. The van der Waals surface area contributed by atoms with Crippen LogP contribution in [0.2, 0.25) is 0 Å². The van der Waals surface area contributed by atoms with Crippen molar-refractivity contribution in [1.29, 1.82) is 0 Å². The van der Waals surface area contributed by atoms with Crippen LogP contribution in [0.5, 0.6) is 0 Å². The second-order valence-corrected chi connectivity index (χ2v) is 4.40. The summed E-state index contributed by atoms with van der Waals surface area (Å²) in [6.07, 6.45) is 0.476. The molecule has 0 aromatic rings. The molecular weight excluding hydrogens is 166 g/mol. The Morgan fingerprint density at radius 2 is 1.85 bits per heavy atom. The Morgan fingerprint density at radius 3 is 2.15 bits per heavy atom. The zero-order valence-electron chi connectivity index (χ0n) is 9.25. The minimum absolute atomic E-state index is 0.0128. The summed E-state index contributed by atoms with van der Waals surface area (Å²) >= 11 is 0. The Bertz CT molecular complexity index is 131. The minimum atomic E-state index is -0.286. The summed E-state index contributed by atoms with van der Waals surface area (Å²) in [5, 5.41) is 18.4. The lowest BCUT2D eigenvalue weighted by atomic mass is 10.0. The largest absolute Gasteiger partial charge is 0.395 e. The molecular formula is C10H23NO2. The van der Waals surface area contributed by atoms with E-state index in [1.54, 1.807) is 0 Å². The summed E-state index contributed by atoms with van der Waals surface area (Å²) in [6.45, 7) is 9.64. The minimum Gasteiger partial charge on any atom is -0.395 e. The molecule has 0 rings (SSSR count). The van der Waals surface area contributed by atoms with Gasteiger partial charge in [0, 0.05) is 18.6 Å². The van der Waals surface area contributed by atoms with Crippen molar-refractivity contribution in [1.82, 2.24) is 4.90 Å². The summed E-state index contributed by atoms with van der Waals surface area (Å²) in [6, 6.07) is 0. The second-order valence-electron chi connectivity index (χ2n) is 4.40. The number of hydrogen-bond acceptors (Lipinski definition) is 3. The molecule has 0 bridgehead atoms. The van der Waals surface area contributed by atoms with Crippen molar-refractivity contribution in [2.45, 2.75) is 45.8 Å². The number of aliphatic hydroxyl groups is 2. The zero-order valence-corrected chi connectivity index (χ0v) is 9.25. The molecule has 3 nitrogen and oxygen atoms in total. The molecule has 0 amide bonds. The maximum Gasteiger partial charge on any atom is 0.0664 e. The Morgan fingerprint density at radius 1 is 1.31 bits per heavy atom. The predicted octanol–water partition coefficient (Wildman–Crippen LogP) is 0.850. The third-order valence-electron chi connectivity index (χ3n) is 2.22. The number of β-amino-alcohol motifs (C(OH)–C–C–N with tert-alkyl or cyclic N) is 2. The van der Waals surface area contributed by atoms with Crippen LogP contribution in [0.4, 0.5) is 0 Å². The molecule has 0 saturated carbocycles. The van der Waals surface area contributed by atoms with Gasteiger partial charge in [-0.15, -0.1) is 0 Å². The van der Waals surface area contributed by atoms with E-state index < -0.39 is 0 Å². The fraction of sp³-hybridized carbons (Fsp3) is 1.00. The fourth-order valence-corrected chi connectivity index (χ4v) is 1.20. The van der Waals surface area contributed by atoms with Gasteiger partial charge in [0.05, 0.1) is 12.7 Å². The molecule has 80 valence electrons. The SMILES string of the molecule is CCC(O)CN(CCO)C(C)(C)C. The highest BCUT2D eigenvalue weighted by Gasteiger charge is 2.22. The van der Waals surface area contributed by atoms with Crippen molar-refractivity contribution in [3.05, 3.63) is 0 Å². The first-order valence-electron chi connectivity index (χ1n) is 4.95. The van der Waals surface area contributed by atoms with E-state index >= 15 is 0 Å². The first-order chi connectivity index (χ1) is 5.91. The summed E-state index contributed by atoms with van der Waals surface area (Å²) in [5.74, 6) is 0. The van der Waals surface area contributed by atoms with Crippen LogP contribution in [0.1, 0.15) is 34.1 Å². The van der Waals surface area contributed by atoms with Gasteiger partial charge in [0.25, 0.3) is 0 Å². The Hall–Kier alpha value is -0.120. The Labute approximate surface area is 81.4 Å². The molecule has 0 spiro atoms. The van der Waals surface area contributed by atoms with Gasteiger partial charge in [0.2, 0.25) is 0 Å². The van der Waals surface area contributed by atoms with E-state index in [4.69, 9.17) is 5.11 Å². The van der Waals surface area contributed by atoms with Crippen LogP contribution in [0, 0.1) is 0 Å². The molecule has 0 aliphatic rings. The highest BCUT2D eigenvalue weighted by molar-refractivity contribution is 4.77. The molecule has 0 aromatic carbocycles. The van der Waals surface area contributed by atoms with Gasteiger partial charge in [-0.2, -0.15) is 0 Å². The van der Waals surface area contributed by atoms with Gasteiger partial charge in [-0.25, -0.2) is 0 Å². The first-order valence-corrected chi connectivity index (χ1v) is 4.95. The van der Waals surface area contributed by atoms with Crippen LogP contribution < -0.4 is 0 Å². The van der Waals surface area contributed by atoms with Gasteiger partial charge in [-0.05, 0) is 27.2 Å². The van der Waals surface area contributed by atoms with Gasteiger partial charge in [-0.1, -0.05) is 6.92 Å². The van der Waals surface area contributed by atoms with Gasteiger partial charge in [-0.3, -0.25) is 4.90 Å². The standard InChI is InChI=1S/C10H23NO2/c1-5-9(13)8-11(6-7-12)10(2,3)4/h9,12-13H,5-8H2,1-4H3. The lowest BCUT2D eigenvalue weighted by Crippen LogP contribution is -2.46. The van der Waals surface area contributed by atoms with Crippen LogP contribution >= 0.6 is 0 Å². The van der Waals surface area contributed by atoms with E-state index in [1.165, 1.54) is 0 Å². The molecule has 1 unspecified atom stereocenters. The molecule has 0 radical (unpaired) electrons. The smallest absolute Gasteiger partial charge is 0.0664 e. The van der Waals surface area contributed by atoms with Gasteiger partial charge < -0.3 is 10.2 Å². The number of aliphatic hydroxyl groups excluding tert-OH is 2. The molecule has 13 heavy (non-hydrogen) atoms. The van der Waals surface area contributed by atoms with E-state index in [1.807, 2.05) is 6.92 Å². The van der Waals surface area contributed by atoms with Gasteiger partial charge >= 0.3 is 0 Å². The molecule has 2 N–H and O–H groups in total. The molecule has 0 aliphatic carbocycles. The van der Waals surface area contributed by atoms with Crippen molar-refractivity contribution in [2.75, 3.05) is 19.7 Å². The van der Waals surface area contributed by atoms with Crippen molar-refractivity contribution in [3.8, 4) is 0 Å². The van der Waals surface area contributed by atoms with Crippen molar-refractivity contribution < 1.29 is 10.2 Å². The monoisotopic (exact) mass is 189 g/mol. The van der Waals surface area contributed by atoms with Crippen LogP contribution in [-0.2, 0) is 0 Å². The van der Waals surface area contributed by atoms with Crippen LogP contribution in [-0.4, -0.2) is 46.5 Å². The van der Waals surface area contributed by atoms with E-state index in [0.29, 0.717) is 13.1 Å². The fourth-order valence-electron chi connectivity index (χ4n) is 1.20. The summed E-state index contributed by atoms with van der Waals surface area (Å²) in [4.78, 5) is 2.10. The van der Waals surface area contributed by atoms with E-state index in [2.05, 4.69) is 25.7 Å². The van der Waals surface area contributed by atoms with Crippen LogP contribution in [0.3, 0.4) is 0 Å². The maximum absolute atomic E-state index is 9.50. The van der Waals surface area contributed by atoms with E-state index in [-0.39, 0.29) is 18.2 Å². The third-order valence-corrected chi connectivity index (χ3v) is 2.22. The number of nitrogens with zero attached hydrogens (tertiary/aromatic N) is 1. The molecule has 3 heteroatoms. The first kappa shape index (κ1) is 12.9. The Balaban J connectivity index is 4.10. The van der Waals surface area contributed by atoms with Gasteiger partial charge in [0.1, 0.15) is 0 Å².